The van der Waals surface area contributed by atoms with Crippen molar-refractivity contribution in [2.24, 2.45) is 0 Å². The summed E-state index contributed by atoms with van der Waals surface area (Å²) in [7, 11) is 1.09. The SMILES string of the molecule is COc1cc(F)c(B(c2cc(F)cc(F)c2F)c2cc(F)cc(F)c2F)c(F)c1. The van der Waals surface area contributed by atoms with Crippen molar-refractivity contribution in [3.63, 3.8) is 0 Å². The van der Waals surface area contributed by atoms with Crippen LogP contribution < -0.4 is 21.1 Å². The molecule has 0 bridgehead atoms. The molecule has 3 aromatic rings. The summed E-state index contributed by atoms with van der Waals surface area (Å²) in [6.07, 6.45) is 0. The van der Waals surface area contributed by atoms with E-state index in [2.05, 4.69) is 4.74 Å². The Morgan fingerprint density at radius 2 is 1.00 bits per heavy atom. The molecule has 150 valence electrons. The Morgan fingerprint density at radius 1 is 0.586 bits per heavy atom. The lowest BCUT2D eigenvalue weighted by Crippen LogP contribution is -2.57. The van der Waals surface area contributed by atoms with Crippen molar-refractivity contribution in [2.45, 2.75) is 0 Å². The van der Waals surface area contributed by atoms with Gasteiger partial charge in [-0.15, -0.1) is 0 Å². The molecule has 1 nitrogen and oxygen atoms in total. The van der Waals surface area contributed by atoms with E-state index in [1.165, 1.54) is 0 Å². The molecular formula is C19H9BF8O. The number of hydrogen-bond acceptors (Lipinski definition) is 1. The van der Waals surface area contributed by atoms with E-state index in [-0.39, 0.29) is 17.9 Å². The molecule has 0 N–H and O–H groups in total. The molecule has 0 saturated carbocycles. The van der Waals surface area contributed by atoms with Gasteiger partial charge in [0, 0.05) is 29.7 Å². The summed E-state index contributed by atoms with van der Waals surface area (Å²) < 4.78 is 118. The second kappa shape index (κ2) is 7.77. The molecule has 0 aliphatic heterocycles. The van der Waals surface area contributed by atoms with Crippen molar-refractivity contribution in [1.82, 2.24) is 0 Å². The first-order valence-corrected chi connectivity index (χ1v) is 7.95. The Morgan fingerprint density at radius 3 is 1.38 bits per heavy atom. The van der Waals surface area contributed by atoms with Gasteiger partial charge in [0.05, 0.1) is 7.11 Å². The summed E-state index contributed by atoms with van der Waals surface area (Å²) in [5, 5.41) is 0. The monoisotopic (exact) mass is 416 g/mol. The minimum atomic E-state index is -2.25. The van der Waals surface area contributed by atoms with E-state index in [4.69, 9.17) is 0 Å². The number of ether oxygens (including phenoxy) is 1. The second-order valence-corrected chi connectivity index (χ2v) is 6.02. The van der Waals surface area contributed by atoms with Crippen LogP contribution in [-0.2, 0) is 0 Å². The van der Waals surface area contributed by atoms with Crippen molar-refractivity contribution in [3.05, 3.63) is 82.9 Å². The van der Waals surface area contributed by atoms with E-state index in [0.717, 1.165) is 7.11 Å². The molecule has 3 rings (SSSR count). The van der Waals surface area contributed by atoms with Crippen LogP contribution in [0.4, 0.5) is 35.1 Å². The van der Waals surface area contributed by atoms with Gasteiger partial charge in [-0.05, 0) is 23.1 Å². The fraction of sp³-hybridized carbons (Fsp3) is 0.0526. The lowest BCUT2D eigenvalue weighted by molar-refractivity contribution is 0.407. The molecule has 0 spiro atoms. The third-order valence-electron chi connectivity index (χ3n) is 4.24. The minimum Gasteiger partial charge on any atom is -0.497 e. The van der Waals surface area contributed by atoms with Gasteiger partial charge in [0.1, 0.15) is 29.0 Å². The molecule has 0 aliphatic carbocycles. The molecule has 10 heteroatoms. The summed E-state index contributed by atoms with van der Waals surface area (Å²) in [6.45, 7) is -2.25. The Kier molecular flexibility index (Phi) is 5.54. The number of benzene rings is 3. The summed E-state index contributed by atoms with van der Waals surface area (Å²) in [5.41, 5.74) is -3.21. The van der Waals surface area contributed by atoms with Crippen LogP contribution in [0.1, 0.15) is 0 Å². The fourth-order valence-electron chi connectivity index (χ4n) is 3.01. The van der Waals surface area contributed by atoms with Crippen molar-refractivity contribution in [2.75, 3.05) is 7.11 Å². The van der Waals surface area contributed by atoms with Crippen molar-refractivity contribution in [1.29, 1.82) is 0 Å². The highest BCUT2D eigenvalue weighted by molar-refractivity contribution is 6.95. The lowest BCUT2D eigenvalue weighted by Gasteiger charge is -2.19. The van der Waals surface area contributed by atoms with Crippen LogP contribution >= 0.6 is 0 Å². The molecule has 0 radical (unpaired) electrons. The zero-order valence-electron chi connectivity index (χ0n) is 14.5. The molecule has 0 unspecified atom stereocenters. The first-order chi connectivity index (χ1) is 13.6. The van der Waals surface area contributed by atoms with E-state index in [1.807, 2.05) is 0 Å². The fourth-order valence-corrected chi connectivity index (χ4v) is 3.01. The number of hydrogen-bond donors (Lipinski definition) is 0. The van der Waals surface area contributed by atoms with Crippen LogP contribution in [-0.4, -0.2) is 13.8 Å². The Bertz CT molecular complexity index is 1020. The number of methoxy groups -OCH3 is 1. The third kappa shape index (κ3) is 3.79. The maximum Gasteiger partial charge on any atom is 0.257 e. The molecule has 29 heavy (non-hydrogen) atoms. The van der Waals surface area contributed by atoms with E-state index in [0.29, 0.717) is 24.3 Å². The normalized spacial score (nSPS) is 10.9. The van der Waals surface area contributed by atoms with Gasteiger partial charge in [-0.2, -0.15) is 0 Å². The molecule has 0 aliphatic rings. The molecule has 0 saturated heterocycles. The largest absolute Gasteiger partial charge is 0.497 e. The molecule has 0 fully saturated rings. The highest BCUT2D eigenvalue weighted by atomic mass is 19.2. The summed E-state index contributed by atoms with van der Waals surface area (Å²) in [6, 6.07) is 2.31. The highest BCUT2D eigenvalue weighted by Gasteiger charge is 2.35. The number of halogens is 8. The first kappa shape index (κ1) is 20.7. The maximum atomic E-state index is 14.6. The predicted molar refractivity (Wildman–Crippen MR) is 90.2 cm³/mol. The zero-order chi connectivity index (χ0) is 21.5. The van der Waals surface area contributed by atoms with Crippen molar-refractivity contribution >= 4 is 23.1 Å². The standard InChI is InChI=1S/C19H9BF8O/c1-29-10-6-13(23)17(14(24)7-10)20(11-2-8(21)4-15(25)18(11)27)12-3-9(22)5-16(26)19(12)28/h2-7H,1H3. The number of rotatable bonds is 4. The lowest BCUT2D eigenvalue weighted by atomic mass is 9.36. The topological polar surface area (TPSA) is 9.23 Å². The molecule has 0 heterocycles. The molecule has 0 atom stereocenters. The third-order valence-corrected chi connectivity index (χ3v) is 4.24. The van der Waals surface area contributed by atoms with Gasteiger partial charge in [-0.1, -0.05) is 0 Å². The molecular weight excluding hydrogens is 407 g/mol. The Hall–Kier alpha value is -3.04. The van der Waals surface area contributed by atoms with Gasteiger partial charge in [-0.3, -0.25) is 0 Å². The van der Waals surface area contributed by atoms with Gasteiger partial charge in [0.15, 0.2) is 23.3 Å². The quantitative estimate of drug-likeness (QED) is 0.361. The van der Waals surface area contributed by atoms with Gasteiger partial charge in [0.25, 0.3) is 6.71 Å². The Balaban J connectivity index is 2.43. The van der Waals surface area contributed by atoms with E-state index in [9.17, 15) is 35.1 Å². The zero-order valence-corrected chi connectivity index (χ0v) is 14.5. The molecule has 0 amide bonds. The first-order valence-electron chi connectivity index (χ1n) is 7.95. The van der Waals surface area contributed by atoms with Gasteiger partial charge in [-0.25, -0.2) is 35.1 Å². The van der Waals surface area contributed by atoms with Crippen LogP contribution in [0, 0.1) is 46.5 Å². The van der Waals surface area contributed by atoms with Gasteiger partial charge in [0.2, 0.25) is 0 Å². The Labute approximate surface area is 159 Å². The smallest absolute Gasteiger partial charge is 0.257 e. The van der Waals surface area contributed by atoms with Gasteiger partial charge >= 0.3 is 0 Å². The minimum absolute atomic E-state index is 0.152. The van der Waals surface area contributed by atoms with E-state index >= 15 is 0 Å². The van der Waals surface area contributed by atoms with Crippen LogP contribution in [0.25, 0.3) is 0 Å². The van der Waals surface area contributed by atoms with E-state index < -0.39 is 69.6 Å². The summed E-state index contributed by atoms with van der Waals surface area (Å²) in [4.78, 5) is 0. The van der Waals surface area contributed by atoms with Crippen LogP contribution in [0.2, 0.25) is 0 Å². The highest BCUT2D eigenvalue weighted by Crippen LogP contribution is 2.17. The van der Waals surface area contributed by atoms with Gasteiger partial charge < -0.3 is 4.74 Å². The van der Waals surface area contributed by atoms with Crippen LogP contribution in [0.5, 0.6) is 5.75 Å². The average Bonchev–Trinajstić information content (AvgIpc) is 2.64. The molecule has 3 aromatic carbocycles. The van der Waals surface area contributed by atoms with Crippen molar-refractivity contribution in [3.8, 4) is 5.75 Å². The van der Waals surface area contributed by atoms with Crippen LogP contribution in [0.15, 0.2) is 36.4 Å². The van der Waals surface area contributed by atoms with Crippen LogP contribution in [0.3, 0.4) is 0 Å². The predicted octanol–water partition coefficient (Wildman–Crippen LogP) is 3.32. The summed E-state index contributed by atoms with van der Waals surface area (Å²) in [5.74, 6) is -12.9. The summed E-state index contributed by atoms with van der Waals surface area (Å²) >= 11 is 0. The maximum absolute atomic E-state index is 14.6. The second-order valence-electron chi connectivity index (χ2n) is 6.02. The molecule has 0 aromatic heterocycles. The van der Waals surface area contributed by atoms with E-state index in [1.54, 1.807) is 0 Å². The van der Waals surface area contributed by atoms with Crippen molar-refractivity contribution < 1.29 is 39.9 Å². The average molecular weight is 416 g/mol.